The van der Waals surface area contributed by atoms with Crippen LogP contribution in [0.3, 0.4) is 0 Å². The molecule has 2 heterocycles. The summed E-state index contributed by atoms with van der Waals surface area (Å²) in [7, 11) is 0. The number of nitrogens with one attached hydrogen (secondary N) is 1. The highest BCUT2D eigenvalue weighted by atomic mass is 19.3. The molecule has 0 spiro atoms. The maximum absolute atomic E-state index is 13.6. The minimum absolute atomic E-state index is 0.293. The summed E-state index contributed by atoms with van der Waals surface area (Å²) in [6.07, 6.45) is 3.93. The molecule has 9 heteroatoms. The molecule has 1 saturated heterocycles. The molecule has 3 rings (SSSR count). The van der Waals surface area contributed by atoms with Gasteiger partial charge in [0.15, 0.2) is 0 Å². The minimum atomic E-state index is -3.10. The van der Waals surface area contributed by atoms with Crippen molar-refractivity contribution >= 4 is 22.7 Å². The molecule has 2 amide bonds. The quantitative estimate of drug-likeness (QED) is 0.575. The first-order chi connectivity index (χ1) is 15.7. The molecule has 1 atom stereocenters. The number of carbonyl (C=O) groups excluding carboxylic acids is 2. The monoisotopic (exact) mass is 458 g/mol. The maximum atomic E-state index is 13.6. The zero-order valence-corrected chi connectivity index (χ0v) is 18.8. The molecule has 1 N–H and O–H groups in total. The summed E-state index contributed by atoms with van der Waals surface area (Å²) >= 11 is 0. The summed E-state index contributed by atoms with van der Waals surface area (Å²) in [5, 5.41) is 12.1. The standard InChI is InChI=1S/C24H28F2N4O3/c1-16(2)5-3-4-10-33-18-6-7-21-20(11-18)19(8-9-28-21)23(32)29-14-22(31)30-15-24(25,26)12-17(30)13-27/h6-9,11,16-17H,3-5,10,12,14-15H2,1-2H3,(H,29,32)/t17-/m0/s1. The summed E-state index contributed by atoms with van der Waals surface area (Å²) < 4.78 is 33.0. The molecule has 0 radical (unpaired) electrons. The third kappa shape index (κ3) is 6.37. The van der Waals surface area contributed by atoms with Crippen LogP contribution in [-0.2, 0) is 4.79 Å². The van der Waals surface area contributed by atoms with E-state index in [4.69, 9.17) is 10.00 Å². The van der Waals surface area contributed by atoms with Crippen molar-refractivity contribution in [2.75, 3.05) is 19.7 Å². The number of rotatable bonds is 9. The number of fused-ring (bicyclic) bond motifs is 1. The van der Waals surface area contributed by atoms with E-state index in [1.807, 2.05) is 0 Å². The smallest absolute Gasteiger partial charge is 0.268 e. The van der Waals surface area contributed by atoms with Crippen molar-refractivity contribution in [3.63, 3.8) is 0 Å². The maximum Gasteiger partial charge on any atom is 0.268 e. The molecule has 1 aliphatic heterocycles. The molecule has 1 fully saturated rings. The Balaban J connectivity index is 1.64. The van der Waals surface area contributed by atoms with Gasteiger partial charge in [-0.2, -0.15) is 5.26 Å². The van der Waals surface area contributed by atoms with E-state index in [0.717, 1.165) is 24.2 Å². The number of nitrogens with zero attached hydrogens (tertiary/aromatic N) is 3. The third-order valence-corrected chi connectivity index (χ3v) is 5.54. The van der Waals surface area contributed by atoms with Gasteiger partial charge in [-0.1, -0.05) is 20.3 Å². The molecular formula is C24H28F2N4O3. The van der Waals surface area contributed by atoms with Crippen molar-refractivity contribution in [3.8, 4) is 11.8 Å². The predicted molar refractivity (Wildman–Crippen MR) is 119 cm³/mol. The Morgan fingerprint density at radius 3 is 2.85 bits per heavy atom. The average Bonchev–Trinajstić information content (AvgIpc) is 3.11. The van der Waals surface area contributed by atoms with Gasteiger partial charge in [-0.25, -0.2) is 8.78 Å². The molecule has 1 aromatic carbocycles. The Hall–Kier alpha value is -3.28. The van der Waals surface area contributed by atoms with Gasteiger partial charge in [0.2, 0.25) is 5.91 Å². The van der Waals surface area contributed by atoms with Crippen LogP contribution in [0.25, 0.3) is 10.9 Å². The lowest BCUT2D eigenvalue weighted by Crippen LogP contribution is -2.43. The van der Waals surface area contributed by atoms with Crippen molar-refractivity contribution in [1.29, 1.82) is 5.26 Å². The molecule has 0 saturated carbocycles. The second-order valence-electron chi connectivity index (χ2n) is 8.68. The Labute approximate surface area is 191 Å². The second kappa shape index (κ2) is 10.6. The third-order valence-electron chi connectivity index (χ3n) is 5.54. The molecule has 0 aliphatic carbocycles. The highest BCUT2D eigenvalue weighted by Crippen LogP contribution is 2.31. The number of amides is 2. The molecule has 0 unspecified atom stereocenters. The summed E-state index contributed by atoms with van der Waals surface area (Å²) in [4.78, 5) is 30.2. The molecule has 2 aromatic rings. The fraction of sp³-hybridized carbons (Fsp3) is 0.500. The van der Waals surface area contributed by atoms with Gasteiger partial charge in [0.1, 0.15) is 11.8 Å². The minimum Gasteiger partial charge on any atom is -0.494 e. The lowest BCUT2D eigenvalue weighted by Gasteiger charge is -2.19. The Morgan fingerprint density at radius 2 is 2.12 bits per heavy atom. The SMILES string of the molecule is CC(C)CCCCOc1ccc2nccc(C(=O)NCC(=O)N3CC(F)(F)C[C@H]3C#N)c2c1. The van der Waals surface area contributed by atoms with Crippen LogP contribution in [0.15, 0.2) is 30.5 Å². The van der Waals surface area contributed by atoms with Crippen molar-refractivity contribution in [2.24, 2.45) is 5.92 Å². The van der Waals surface area contributed by atoms with Gasteiger partial charge >= 0.3 is 0 Å². The number of hydrogen-bond acceptors (Lipinski definition) is 5. The van der Waals surface area contributed by atoms with Crippen LogP contribution < -0.4 is 10.1 Å². The van der Waals surface area contributed by atoms with Gasteiger partial charge in [-0.15, -0.1) is 0 Å². The van der Waals surface area contributed by atoms with Crippen LogP contribution in [0.1, 0.15) is 49.9 Å². The first-order valence-electron chi connectivity index (χ1n) is 11.1. The molecule has 7 nitrogen and oxygen atoms in total. The van der Waals surface area contributed by atoms with Gasteiger partial charge in [-0.05, 0) is 43.0 Å². The summed E-state index contributed by atoms with van der Waals surface area (Å²) in [6.45, 7) is 3.62. The van der Waals surface area contributed by atoms with Gasteiger partial charge in [-0.3, -0.25) is 14.6 Å². The number of alkyl halides is 2. The van der Waals surface area contributed by atoms with E-state index in [-0.39, 0.29) is 0 Å². The van der Waals surface area contributed by atoms with Crippen LogP contribution in [-0.4, -0.2) is 53.4 Å². The lowest BCUT2D eigenvalue weighted by molar-refractivity contribution is -0.131. The molecule has 33 heavy (non-hydrogen) atoms. The van der Waals surface area contributed by atoms with Gasteiger partial charge in [0.25, 0.3) is 11.8 Å². The van der Waals surface area contributed by atoms with Crippen molar-refractivity contribution in [1.82, 2.24) is 15.2 Å². The molecular weight excluding hydrogens is 430 g/mol. The van der Waals surface area contributed by atoms with E-state index in [1.165, 1.54) is 12.3 Å². The van der Waals surface area contributed by atoms with Crippen LogP contribution in [0.5, 0.6) is 5.75 Å². The van der Waals surface area contributed by atoms with Crippen LogP contribution in [0.4, 0.5) is 8.78 Å². The fourth-order valence-electron chi connectivity index (χ4n) is 3.80. The van der Waals surface area contributed by atoms with E-state index >= 15 is 0 Å². The summed E-state index contributed by atoms with van der Waals surface area (Å²) in [5.74, 6) is -3.11. The lowest BCUT2D eigenvalue weighted by atomic mass is 10.1. The van der Waals surface area contributed by atoms with Crippen LogP contribution >= 0.6 is 0 Å². The van der Waals surface area contributed by atoms with Crippen LogP contribution in [0.2, 0.25) is 0 Å². The number of aromatic nitrogens is 1. The van der Waals surface area contributed by atoms with Gasteiger partial charge in [0.05, 0.1) is 36.8 Å². The van der Waals surface area contributed by atoms with Crippen molar-refractivity contribution in [2.45, 2.75) is 51.5 Å². The number of likely N-dealkylation sites (tertiary alicyclic amines) is 1. The van der Waals surface area contributed by atoms with Gasteiger partial charge < -0.3 is 15.0 Å². The van der Waals surface area contributed by atoms with Gasteiger partial charge in [0, 0.05) is 18.0 Å². The number of carbonyl (C=O) groups is 2. The van der Waals surface area contributed by atoms with E-state index in [0.29, 0.717) is 34.7 Å². The second-order valence-corrected chi connectivity index (χ2v) is 8.68. The van der Waals surface area contributed by atoms with E-state index in [2.05, 4.69) is 24.1 Å². The normalized spacial score (nSPS) is 17.2. The molecule has 176 valence electrons. The molecule has 1 aromatic heterocycles. The fourth-order valence-corrected chi connectivity index (χ4v) is 3.80. The van der Waals surface area contributed by atoms with E-state index in [9.17, 15) is 18.4 Å². The topological polar surface area (TPSA) is 95.3 Å². The Bertz CT molecular complexity index is 1050. The Kier molecular flexibility index (Phi) is 7.79. The van der Waals surface area contributed by atoms with Crippen molar-refractivity contribution < 1.29 is 23.1 Å². The highest BCUT2D eigenvalue weighted by Gasteiger charge is 2.47. The average molecular weight is 459 g/mol. The van der Waals surface area contributed by atoms with E-state index < -0.39 is 43.3 Å². The summed E-state index contributed by atoms with van der Waals surface area (Å²) in [5.41, 5.74) is 0.881. The van der Waals surface area contributed by atoms with Crippen molar-refractivity contribution in [3.05, 3.63) is 36.0 Å². The number of unbranched alkanes of at least 4 members (excludes halogenated alkanes) is 1. The zero-order valence-electron chi connectivity index (χ0n) is 18.8. The van der Waals surface area contributed by atoms with E-state index in [1.54, 1.807) is 24.3 Å². The number of nitriles is 1. The molecule has 1 aliphatic rings. The summed E-state index contributed by atoms with van der Waals surface area (Å²) in [6, 6.07) is 7.32. The highest BCUT2D eigenvalue weighted by molar-refractivity contribution is 6.07. The number of hydrogen-bond donors (Lipinski definition) is 1. The number of benzene rings is 1. The largest absolute Gasteiger partial charge is 0.494 e. The van der Waals surface area contributed by atoms with Crippen LogP contribution in [0, 0.1) is 17.2 Å². The predicted octanol–water partition coefficient (Wildman–Crippen LogP) is 3.93. The zero-order chi connectivity index (χ0) is 24.0. The first kappa shape index (κ1) is 24.4. The molecule has 0 bridgehead atoms. The Morgan fingerprint density at radius 1 is 1.33 bits per heavy atom. The number of pyridine rings is 1. The number of halogens is 2. The number of ether oxygens (including phenoxy) is 1. The first-order valence-corrected chi connectivity index (χ1v) is 11.1.